The third-order valence-corrected chi connectivity index (χ3v) is 5.64. The second-order valence-corrected chi connectivity index (χ2v) is 8.49. The summed E-state index contributed by atoms with van der Waals surface area (Å²) in [6.07, 6.45) is 0.868. The number of thiazole rings is 1. The number of carbonyl (C=O) groups is 1. The van der Waals surface area contributed by atoms with Crippen molar-refractivity contribution in [2.45, 2.75) is 20.3 Å². The van der Waals surface area contributed by atoms with Crippen LogP contribution < -0.4 is 4.90 Å². The summed E-state index contributed by atoms with van der Waals surface area (Å²) >= 11 is 7.80. The summed E-state index contributed by atoms with van der Waals surface area (Å²) in [5.74, 6) is -0.0178. The number of carbonyl (C=O) groups excluding carboxylic acids is 1. The molecule has 6 heteroatoms. The number of hydrogen-bond acceptors (Lipinski definition) is 4. The Morgan fingerprint density at radius 3 is 2.44 bits per heavy atom. The average Bonchev–Trinajstić information content (AvgIpc) is 3.02. The minimum atomic E-state index is -0.0178. The number of benzene rings is 2. The fourth-order valence-corrected chi connectivity index (χ4v) is 4.39. The average molecular weight is 402 g/mol. The molecule has 0 N–H and O–H groups in total. The van der Waals surface area contributed by atoms with Gasteiger partial charge >= 0.3 is 0 Å². The first-order valence-corrected chi connectivity index (χ1v) is 10.1. The standard InChI is InChI=1S/C21H24ClN3OS/c1-14-11-15(2)13-16(12-14)20(26)25(10-6-9-24(3)4)21-23-19-17(22)7-5-8-18(19)27-21/h5,7-8,11-13H,6,9-10H2,1-4H3. The summed E-state index contributed by atoms with van der Waals surface area (Å²) in [4.78, 5) is 21.9. The van der Waals surface area contributed by atoms with Crippen molar-refractivity contribution in [3.05, 3.63) is 58.1 Å². The third kappa shape index (κ3) is 4.67. The molecule has 0 bridgehead atoms. The van der Waals surface area contributed by atoms with Crippen molar-refractivity contribution in [1.82, 2.24) is 9.88 Å². The number of amides is 1. The normalized spacial score (nSPS) is 11.3. The molecular formula is C21H24ClN3OS. The Balaban J connectivity index is 1.98. The summed E-state index contributed by atoms with van der Waals surface area (Å²) in [6.45, 7) is 5.54. The molecule has 0 saturated heterocycles. The van der Waals surface area contributed by atoms with Crippen molar-refractivity contribution in [3.63, 3.8) is 0 Å². The Labute approximate surface area is 169 Å². The molecule has 2 aromatic carbocycles. The van der Waals surface area contributed by atoms with Crippen molar-refractivity contribution < 1.29 is 4.79 Å². The number of hydrogen-bond donors (Lipinski definition) is 0. The largest absolute Gasteiger partial charge is 0.309 e. The van der Waals surface area contributed by atoms with Gasteiger partial charge in [0.05, 0.1) is 9.72 Å². The van der Waals surface area contributed by atoms with E-state index in [1.54, 1.807) is 4.90 Å². The second kappa shape index (κ2) is 8.38. The third-order valence-electron chi connectivity index (χ3n) is 4.29. The fourth-order valence-electron chi connectivity index (χ4n) is 3.10. The van der Waals surface area contributed by atoms with Gasteiger partial charge in [-0.2, -0.15) is 0 Å². The van der Waals surface area contributed by atoms with Crippen molar-refractivity contribution in [3.8, 4) is 0 Å². The van der Waals surface area contributed by atoms with Crippen LogP contribution in [-0.4, -0.2) is 43.0 Å². The van der Waals surface area contributed by atoms with Gasteiger partial charge in [-0.05, 0) is 65.2 Å². The number of anilines is 1. The van der Waals surface area contributed by atoms with E-state index in [4.69, 9.17) is 11.6 Å². The van der Waals surface area contributed by atoms with Crippen LogP contribution in [0.4, 0.5) is 5.13 Å². The molecule has 0 saturated carbocycles. The van der Waals surface area contributed by atoms with Crippen LogP contribution in [0.1, 0.15) is 27.9 Å². The zero-order valence-electron chi connectivity index (χ0n) is 16.1. The van der Waals surface area contributed by atoms with Crippen LogP contribution in [0.15, 0.2) is 36.4 Å². The van der Waals surface area contributed by atoms with Gasteiger partial charge in [0.2, 0.25) is 0 Å². The van der Waals surface area contributed by atoms with Crippen molar-refractivity contribution >= 4 is 44.2 Å². The minimum Gasteiger partial charge on any atom is -0.309 e. The molecule has 0 aliphatic rings. The molecule has 0 spiro atoms. The smallest absolute Gasteiger partial charge is 0.260 e. The molecule has 1 heterocycles. The Kier molecular flexibility index (Phi) is 6.15. The van der Waals surface area contributed by atoms with Gasteiger partial charge in [-0.25, -0.2) is 4.98 Å². The number of rotatable bonds is 6. The highest BCUT2D eigenvalue weighted by Crippen LogP contribution is 2.33. The molecule has 1 amide bonds. The number of nitrogens with zero attached hydrogens (tertiary/aromatic N) is 3. The highest BCUT2D eigenvalue weighted by molar-refractivity contribution is 7.22. The van der Waals surface area contributed by atoms with Crippen LogP contribution in [0.2, 0.25) is 5.02 Å². The lowest BCUT2D eigenvalue weighted by atomic mass is 10.1. The summed E-state index contributed by atoms with van der Waals surface area (Å²) in [5, 5.41) is 1.31. The maximum Gasteiger partial charge on any atom is 0.260 e. The van der Waals surface area contributed by atoms with Gasteiger partial charge in [-0.1, -0.05) is 46.2 Å². The lowest BCUT2D eigenvalue weighted by molar-refractivity contribution is 0.0986. The molecule has 0 aliphatic carbocycles. The highest BCUT2D eigenvalue weighted by atomic mass is 35.5. The molecule has 0 aliphatic heterocycles. The van der Waals surface area contributed by atoms with Gasteiger partial charge in [0.1, 0.15) is 5.52 Å². The molecule has 1 aromatic heterocycles. The van der Waals surface area contributed by atoms with Gasteiger partial charge in [-0.3, -0.25) is 9.69 Å². The molecular weight excluding hydrogens is 378 g/mol. The topological polar surface area (TPSA) is 36.4 Å². The van der Waals surface area contributed by atoms with Crippen LogP contribution in [0.25, 0.3) is 10.2 Å². The van der Waals surface area contributed by atoms with E-state index >= 15 is 0 Å². The Morgan fingerprint density at radius 2 is 1.81 bits per heavy atom. The van der Waals surface area contributed by atoms with Crippen molar-refractivity contribution in [2.75, 3.05) is 32.1 Å². The Morgan fingerprint density at radius 1 is 1.11 bits per heavy atom. The van der Waals surface area contributed by atoms with Crippen LogP contribution >= 0.6 is 22.9 Å². The predicted molar refractivity (Wildman–Crippen MR) is 115 cm³/mol. The van der Waals surface area contributed by atoms with Crippen molar-refractivity contribution in [2.24, 2.45) is 0 Å². The lowest BCUT2D eigenvalue weighted by Gasteiger charge is -2.21. The molecule has 3 aromatic rings. The molecule has 27 heavy (non-hydrogen) atoms. The van der Waals surface area contributed by atoms with Crippen LogP contribution in [0, 0.1) is 13.8 Å². The number of aryl methyl sites for hydroxylation is 2. The van der Waals surface area contributed by atoms with Crippen LogP contribution in [-0.2, 0) is 0 Å². The highest BCUT2D eigenvalue weighted by Gasteiger charge is 2.22. The number of para-hydroxylation sites is 1. The summed E-state index contributed by atoms with van der Waals surface area (Å²) in [6, 6.07) is 11.7. The van der Waals surface area contributed by atoms with Gasteiger partial charge in [0, 0.05) is 12.1 Å². The molecule has 4 nitrogen and oxygen atoms in total. The van der Waals surface area contributed by atoms with E-state index < -0.39 is 0 Å². The van der Waals surface area contributed by atoms with Gasteiger partial charge in [-0.15, -0.1) is 0 Å². The van der Waals surface area contributed by atoms with E-state index in [2.05, 4.69) is 16.0 Å². The summed E-state index contributed by atoms with van der Waals surface area (Å²) in [5.41, 5.74) is 3.62. The van der Waals surface area contributed by atoms with Gasteiger partial charge in [0.25, 0.3) is 5.91 Å². The van der Waals surface area contributed by atoms with E-state index in [9.17, 15) is 4.79 Å². The lowest BCUT2D eigenvalue weighted by Crippen LogP contribution is -2.33. The van der Waals surface area contributed by atoms with Crippen LogP contribution in [0.3, 0.4) is 0 Å². The van der Waals surface area contributed by atoms with E-state index in [-0.39, 0.29) is 5.91 Å². The predicted octanol–water partition coefficient (Wildman–Crippen LogP) is 5.17. The number of aromatic nitrogens is 1. The maximum absolute atomic E-state index is 13.3. The molecule has 0 fully saturated rings. The van der Waals surface area contributed by atoms with Crippen LogP contribution in [0.5, 0.6) is 0 Å². The Hall–Kier alpha value is -1.95. The zero-order chi connectivity index (χ0) is 19.6. The quantitative estimate of drug-likeness (QED) is 0.572. The Bertz CT molecular complexity index is 947. The van der Waals surface area contributed by atoms with E-state index in [0.717, 1.165) is 34.3 Å². The number of halogens is 1. The summed E-state index contributed by atoms with van der Waals surface area (Å²) in [7, 11) is 4.07. The molecule has 0 unspecified atom stereocenters. The monoisotopic (exact) mass is 401 g/mol. The van der Waals surface area contributed by atoms with Gasteiger partial charge < -0.3 is 4.90 Å². The minimum absolute atomic E-state index is 0.0178. The molecule has 3 rings (SSSR count). The second-order valence-electron chi connectivity index (χ2n) is 7.07. The number of fused-ring (bicyclic) bond motifs is 1. The first-order valence-electron chi connectivity index (χ1n) is 8.95. The zero-order valence-corrected chi connectivity index (χ0v) is 17.7. The maximum atomic E-state index is 13.3. The fraction of sp³-hybridized carbons (Fsp3) is 0.333. The van der Waals surface area contributed by atoms with E-state index in [1.165, 1.54) is 11.3 Å². The molecule has 0 radical (unpaired) electrons. The SMILES string of the molecule is Cc1cc(C)cc(C(=O)N(CCCN(C)C)c2nc3c(Cl)cccc3s2)c1. The molecule has 142 valence electrons. The first-order chi connectivity index (χ1) is 12.8. The van der Waals surface area contributed by atoms with Crippen molar-refractivity contribution in [1.29, 1.82) is 0 Å². The van der Waals surface area contributed by atoms with E-state index in [0.29, 0.717) is 22.3 Å². The van der Waals surface area contributed by atoms with Gasteiger partial charge in [0.15, 0.2) is 5.13 Å². The summed E-state index contributed by atoms with van der Waals surface area (Å²) < 4.78 is 0.989. The first kappa shape index (κ1) is 19.8. The molecule has 0 atom stereocenters. The van der Waals surface area contributed by atoms with E-state index in [1.807, 2.05) is 58.3 Å².